The van der Waals surface area contributed by atoms with E-state index in [2.05, 4.69) is 6.55 Å². The van der Waals surface area contributed by atoms with Gasteiger partial charge in [0.15, 0.2) is 0 Å². The van der Waals surface area contributed by atoms with Crippen molar-refractivity contribution >= 4 is 8.56 Å². The van der Waals surface area contributed by atoms with E-state index in [9.17, 15) is 0 Å². The van der Waals surface area contributed by atoms with Crippen LogP contribution in [0.2, 0.25) is 12.6 Å². The molecule has 0 aliphatic carbocycles. The van der Waals surface area contributed by atoms with Crippen LogP contribution in [0, 0.1) is 0 Å². The predicted octanol–water partition coefficient (Wildman–Crippen LogP) is 3.85. The Bertz CT molecular complexity index is 189. The van der Waals surface area contributed by atoms with Crippen molar-refractivity contribution in [2.45, 2.75) is 52.6 Å². The lowest BCUT2D eigenvalue weighted by Crippen LogP contribution is -2.38. The third-order valence-electron chi connectivity index (χ3n) is 2.52. The summed E-state index contributed by atoms with van der Waals surface area (Å²) >= 11 is 0. The molecule has 0 amide bonds. The van der Waals surface area contributed by atoms with Gasteiger partial charge in [-0.3, -0.25) is 0 Å². The molecule has 0 bridgehead atoms. The zero-order chi connectivity index (χ0) is 13.0. The number of hydrogen-bond donors (Lipinski definition) is 0. The first-order valence-electron chi connectivity index (χ1n) is 6.69. The maximum atomic E-state index is 5.79. The summed E-state index contributed by atoms with van der Waals surface area (Å²) in [4.78, 5) is 0. The summed E-state index contributed by atoms with van der Waals surface area (Å²) in [5.41, 5.74) is 0. The Kier molecular flexibility index (Phi) is 10.6. The molecule has 0 fully saturated rings. The van der Waals surface area contributed by atoms with Gasteiger partial charge in [-0.1, -0.05) is 18.9 Å². The molecule has 0 N–H and O–H groups in total. The first-order chi connectivity index (χ1) is 8.18. The second-order valence-corrected chi connectivity index (χ2v) is 7.50. The normalized spacial score (nSPS) is 12.2. The molecule has 0 aromatic carbocycles. The summed E-state index contributed by atoms with van der Waals surface area (Å²) in [6.07, 6.45) is 7.11. The summed E-state index contributed by atoms with van der Waals surface area (Å²) in [7, 11) is -1.88. The van der Waals surface area contributed by atoms with Crippen molar-refractivity contribution in [2.24, 2.45) is 0 Å². The Morgan fingerprint density at radius 3 is 2.18 bits per heavy atom. The second kappa shape index (κ2) is 10.8. The number of rotatable bonds is 11. The fourth-order valence-corrected chi connectivity index (χ4v) is 4.25. The van der Waals surface area contributed by atoms with Crippen LogP contribution in [-0.4, -0.2) is 28.4 Å². The van der Waals surface area contributed by atoms with Crippen molar-refractivity contribution in [3.63, 3.8) is 0 Å². The minimum Gasteiger partial charge on any atom is -0.502 e. The smallest absolute Gasteiger partial charge is 0.334 e. The molecule has 3 nitrogen and oxygen atoms in total. The molecule has 0 radical (unpaired) electrons. The van der Waals surface area contributed by atoms with Crippen LogP contribution in [0.4, 0.5) is 0 Å². The molecule has 0 rings (SSSR count). The Labute approximate surface area is 107 Å². The molecule has 0 unspecified atom stereocenters. The third-order valence-corrected chi connectivity index (χ3v) is 5.59. The van der Waals surface area contributed by atoms with E-state index in [4.69, 9.17) is 13.6 Å². The Balaban J connectivity index is 3.60. The molecule has 0 aliphatic heterocycles. The lowest BCUT2D eigenvalue weighted by Gasteiger charge is -2.25. The van der Waals surface area contributed by atoms with Crippen LogP contribution < -0.4 is 0 Å². The van der Waals surface area contributed by atoms with Crippen LogP contribution in [0.1, 0.15) is 40.0 Å². The molecule has 0 heterocycles. The molecular weight excluding hydrogens is 232 g/mol. The fraction of sp³-hybridized carbons (Fsp3) is 0.846. The minimum atomic E-state index is -1.88. The van der Waals surface area contributed by atoms with E-state index < -0.39 is 8.56 Å². The molecule has 0 aliphatic rings. The summed E-state index contributed by atoms with van der Waals surface area (Å²) in [6, 6.07) is 1.08. The minimum absolute atomic E-state index is 0.757. The maximum absolute atomic E-state index is 5.79. The van der Waals surface area contributed by atoms with Crippen LogP contribution >= 0.6 is 0 Å². The van der Waals surface area contributed by atoms with Gasteiger partial charge in [0, 0.05) is 13.2 Å². The summed E-state index contributed by atoms with van der Waals surface area (Å²) in [5, 5.41) is 0. The van der Waals surface area contributed by atoms with Crippen molar-refractivity contribution in [3.05, 3.63) is 12.3 Å². The standard InChI is InChI=1S/C13H28O3Si/c1-5-11-14-12-9-8-10-13-17(4,15-6-2)16-7-3/h5,11H,6-10,12-13H2,1-4H3. The van der Waals surface area contributed by atoms with Gasteiger partial charge in [-0.25, -0.2) is 0 Å². The topological polar surface area (TPSA) is 27.7 Å². The molecule has 0 spiro atoms. The van der Waals surface area contributed by atoms with E-state index in [0.717, 1.165) is 32.3 Å². The Hall–Kier alpha value is -0.323. The lowest BCUT2D eigenvalue weighted by atomic mass is 10.3. The molecule has 0 aromatic rings. The molecular formula is C13H28O3Si. The highest BCUT2D eigenvalue weighted by atomic mass is 28.4. The zero-order valence-corrected chi connectivity index (χ0v) is 12.8. The van der Waals surface area contributed by atoms with Crippen LogP contribution in [0.3, 0.4) is 0 Å². The van der Waals surface area contributed by atoms with Crippen LogP contribution in [0.5, 0.6) is 0 Å². The van der Waals surface area contributed by atoms with E-state index in [1.807, 2.05) is 26.8 Å². The van der Waals surface area contributed by atoms with Gasteiger partial charge in [-0.2, -0.15) is 0 Å². The first kappa shape index (κ1) is 16.7. The van der Waals surface area contributed by atoms with Crippen LogP contribution in [0.25, 0.3) is 0 Å². The van der Waals surface area contributed by atoms with Gasteiger partial charge in [-0.15, -0.1) is 0 Å². The van der Waals surface area contributed by atoms with Gasteiger partial charge in [0.05, 0.1) is 12.9 Å². The van der Waals surface area contributed by atoms with Gasteiger partial charge < -0.3 is 13.6 Å². The molecule has 0 atom stereocenters. The quantitative estimate of drug-likeness (QED) is 0.321. The molecule has 17 heavy (non-hydrogen) atoms. The fourth-order valence-electron chi connectivity index (χ4n) is 1.77. The number of ether oxygens (including phenoxy) is 1. The maximum Gasteiger partial charge on any atom is 0.334 e. The Morgan fingerprint density at radius 2 is 1.65 bits per heavy atom. The zero-order valence-electron chi connectivity index (χ0n) is 11.8. The number of unbranched alkanes of at least 4 members (excludes halogenated alkanes) is 2. The summed E-state index contributed by atoms with van der Waals surface area (Å²) in [5.74, 6) is 0. The van der Waals surface area contributed by atoms with Crippen molar-refractivity contribution in [1.82, 2.24) is 0 Å². The molecule has 0 saturated carbocycles. The van der Waals surface area contributed by atoms with E-state index in [1.165, 1.54) is 12.8 Å². The predicted molar refractivity (Wildman–Crippen MR) is 74.3 cm³/mol. The van der Waals surface area contributed by atoms with Crippen LogP contribution in [0.15, 0.2) is 12.3 Å². The van der Waals surface area contributed by atoms with Gasteiger partial charge >= 0.3 is 8.56 Å². The van der Waals surface area contributed by atoms with E-state index >= 15 is 0 Å². The molecule has 0 aromatic heterocycles. The van der Waals surface area contributed by atoms with Crippen LogP contribution in [-0.2, 0) is 13.6 Å². The first-order valence-corrected chi connectivity index (χ1v) is 9.21. The Morgan fingerprint density at radius 1 is 1.00 bits per heavy atom. The average molecular weight is 260 g/mol. The largest absolute Gasteiger partial charge is 0.502 e. The van der Waals surface area contributed by atoms with E-state index in [0.29, 0.717) is 0 Å². The number of hydrogen-bond acceptors (Lipinski definition) is 3. The number of allylic oxidation sites excluding steroid dienone is 1. The lowest BCUT2D eigenvalue weighted by molar-refractivity contribution is 0.187. The molecule has 4 heteroatoms. The highest BCUT2D eigenvalue weighted by molar-refractivity contribution is 6.66. The van der Waals surface area contributed by atoms with Crippen molar-refractivity contribution in [3.8, 4) is 0 Å². The average Bonchev–Trinajstić information content (AvgIpc) is 2.28. The SMILES string of the molecule is CC=COCCCCC[Si](C)(OCC)OCC. The van der Waals surface area contributed by atoms with E-state index in [1.54, 1.807) is 6.26 Å². The van der Waals surface area contributed by atoms with Crippen molar-refractivity contribution in [1.29, 1.82) is 0 Å². The van der Waals surface area contributed by atoms with Crippen molar-refractivity contribution in [2.75, 3.05) is 19.8 Å². The van der Waals surface area contributed by atoms with Gasteiger partial charge in [0.2, 0.25) is 0 Å². The highest BCUT2D eigenvalue weighted by Crippen LogP contribution is 2.17. The highest BCUT2D eigenvalue weighted by Gasteiger charge is 2.29. The molecule has 102 valence electrons. The molecule has 0 saturated heterocycles. The van der Waals surface area contributed by atoms with Gasteiger partial charge in [-0.05, 0) is 39.8 Å². The summed E-state index contributed by atoms with van der Waals surface area (Å²) in [6.45, 7) is 10.5. The summed E-state index contributed by atoms with van der Waals surface area (Å²) < 4.78 is 16.9. The van der Waals surface area contributed by atoms with Crippen molar-refractivity contribution < 1.29 is 13.6 Å². The van der Waals surface area contributed by atoms with Gasteiger partial charge in [0.1, 0.15) is 0 Å². The van der Waals surface area contributed by atoms with E-state index in [-0.39, 0.29) is 0 Å². The second-order valence-electron chi connectivity index (χ2n) is 4.15. The third kappa shape index (κ3) is 9.38. The van der Waals surface area contributed by atoms with Gasteiger partial charge in [0.25, 0.3) is 0 Å². The monoisotopic (exact) mass is 260 g/mol.